The van der Waals surface area contributed by atoms with Crippen molar-refractivity contribution in [1.29, 1.82) is 5.26 Å². The quantitative estimate of drug-likeness (QED) is 0.746. The van der Waals surface area contributed by atoms with Crippen LogP contribution in [0.2, 0.25) is 0 Å². The Kier molecular flexibility index (Phi) is 3.94. The number of fused-ring (bicyclic) bond motifs is 1. The van der Waals surface area contributed by atoms with E-state index in [-0.39, 0.29) is 5.91 Å². The molecule has 7 nitrogen and oxygen atoms in total. The molecule has 1 aliphatic carbocycles. The minimum absolute atomic E-state index is 0.100. The number of H-pyrrole nitrogens is 1. The summed E-state index contributed by atoms with van der Waals surface area (Å²) in [6.07, 6.45) is 7.35. The predicted molar refractivity (Wildman–Crippen MR) is 90.4 cm³/mol. The molecule has 0 atom stereocenters. The molecule has 7 heteroatoms. The number of nitriles is 1. The molecule has 25 heavy (non-hydrogen) atoms. The number of nitrogens with one attached hydrogen (secondary N) is 1. The second kappa shape index (κ2) is 6.40. The van der Waals surface area contributed by atoms with Gasteiger partial charge >= 0.3 is 0 Å². The van der Waals surface area contributed by atoms with Gasteiger partial charge in [-0.1, -0.05) is 0 Å². The van der Waals surface area contributed by atoms with Crippen LogP contribution in [0.1, 0.15) is 29.6 Å². The van der Waals surface area contributed by atoms with Crippen molar-refractivity contribution in [3.8, 4) is 17.5 Å². The predicted octanol–water partition coefficient (Wildman–Crippen LogP) is 2.98. The van der Waals surface area contributed by atoms with Crippen LogP contribution in [0.4, 0.5) is 0 Å². The lowest BCUT2D eigenvalue weighted by Gasteiger charge is -2.20. The third kappa shape index (κ3) is 3.11. The second-order valence-electron chi connectivity index (χ2n) is 6.26. The highest BCUT2D eigenvalue weighted by atomic mass is 16.3. The minimum atomic E-state index is -0.100. The number of aromatic amines is 1. The molecule has 0 aromatic carbocycles. The topological polar surface area (TPSA) is 98.8 Å². The molecule has 3 aromatic rings. The SMILES string of the molecule is N#CCCN(CC1CC1)C(=O)c1coc(-c2ncnc3[nH]ccc23)c1. The van der Waals surface area contributed by atoms with Crippen LogP contribution in [0.25, 0.3) is 22.5 Å². The van der Waals surface area contributed by atoms with Crippen molar-refractivity contribution in [1.82, 2.24) is 19.9 Å². The Bertz CT molecular complexity index is 948. The molecule has 0 saturated heterocycles. The van der Waals surface area contributed by atoms with Gasteiger partial charge in [-0.05, 0) is 30.9 Å². The summed E-state index contributed by atoms with van der Waals surface area (Å²) >= 11 is 0. The largest absolute Gasteiger partial charge is 0.462 e. The van der Waals surface area contributed by atoms with E-state index in [1.165, 1.54) is 12.6 Å². The molecule has 3 heterocycles. The van der Waals surface area contributed by atoms with Crippen molar-refractivity contribution >= 4 is 16.9 Å². The molecule has 0 aliphatic heterocycles. The number of aromatic nitrogens is 3. The zero-order valence-corrected chi connectivity index (χ0v) is 13.6. The first-order valence-electron chi connectivity index (χ1n) is 8.29. The number of nitrogens with zero attached hydrogens (tertiary/aromatic N) is 4. The first-order chi connectivity index (χ1) is 12.3. The van der Waals surface area contributed by atoms with Crippen molar-refractivity contribution in [2.75, 3.05) is 13.1 Å². The Balaban J connectivity index is 1.60. The number of hydrogen-bond acceptors (Lipinski definition) is 5. The molecule has 1 amide bonds. The Labute approximate surface area is 144 Å². The van der Waals surface area contributed by atoms with Gasteiger partial charge in [-0.15, -0.1) is 0 Å². The summed E-state index contributed by atoms with van der Waals surface area (Å²) < 4.78 is 5.61. The summed E-state index contributed by atoms with van der Waals surface area (Å²) in [5.41, 5.74) is 1.85. The van der Waals surface area contributed by atoms with Crippen molar-refractivity contribution in [3.05, 3.63) is 36.5 Å². The molecule has 126 valence electrons. The Hall–Kier alpha value is -3.14. The number of rotatable bonds is 6. The average Bonchev–Trinajstić information content (AvgIpc) is 3.12. The lowest BCUT2D eigenvalue weighted by atomic mass is 10.2. The Morgan fingerprint density at radius 3 is 3.12 bits per heavy atom. The van der Waals surface area contributed by atoms with Gasteiger partial charge in [0.1, 0.15) is 23.9 Å². The van der Waals surface area contributed by atoms with Gasteiger partial charge in [-0.2, -0.15) is 5.26 Å². The lowest BCUT2D eigenvalue weighted by molar-refractivity contribution is 0.0750. The fourth-order valence-corrected chi connectivity index (χ4v) is 2.90. The molecule has 0 radical (unpaired) electrons. The maximum absolute atomic E-state index is 12.8. The van der Waals surface area contributed by atoms with Crippen LogP contribution in [0, 0.1) is 17.2 Å². The highest BCUT2D eigenvalue weighted by molar-refractivity contribution is 5.96. The average molecular weight is 335 g/mol. The zero-order chi connectivity index (χ0) is 17.2. The van der Waals surface area contributed by atoms with Gasteiger partial charge in [0.2, 0.25) is 0 Å². The van der Waals surface area contributed by atoms with Crippen molar-refractivity contribution in [2.24, 2.45) is 5.92 Å². The number of amides is 1. The van der Waals surface area contributed by atoms with Crippen molar-refractivity contribution in [2.45, 2.75) is 19.3 Å². The van der Waals surface area contributed by atoms with Gasteiger partial charge in [0.25, 0.3) is 5.91 Å². The number of carbonyl (C=O) groups excluding carboxylic acids is 1. The Morgan fingerprint density at radius 2 is 2.32 bits per heavy atom. The molecule has 1 saturated carbocycles. The fraction of sp³-hybridized carbons (Fsp3) is 0.333. The van der Waals surface area contributed by atoms with E-state index < -0.39 is 0 Å². The van der Waals surface area contributed by atoms with Crippen LogP contribution in [0.3, 0.4) is 0 Å². The van der Waals surface area contributed by atoms with Crippen molar-refractivity contribution < 1.29 is 9.21 Å². The molecular weight excluding hydrogens is 318 g/mol. The van der Waals surface area contributed by atoms with Crippen LogP contribution in [0.15, 0.2) is 35.3 Å². The summed E-state index contributed by atoms with van der Waals surface area (Å²) in [4.78, 5) is 26.0. The van der Waals surface area contributed by atoms with E-state index in [0.717, 1.165) is 23.9 Å². The van der Waals surface area contributed by atoms with E-state index in [2.05, 4.69) is 21.0 Å². The van der Waals surface area contributed by atoms with Crippen LogP contribution < -0.4 is 0 Å². The van der Waals surface area contributed by atoms with E-state index in [1.807, 2.05) is 6.07 Å². The van der Waals surface area contributed by atoms with Gasteiger partial charge in [0.15, 0.2) is 5.76 Å². The lowest BCUT2D eigenvalue weighted by Crippen LogP contribution is -2.33. The van der Waals surface area contributed by atoms with E-state index in [9.17, 15) is 4.79 Å². The van der Waals surface area contributed by atoms with Crippen LogP contribution in [-0.2, 0) is 0 Å². The third-order valence-electron chi connectivity index (χ3n) is 4.39. The Morgan fingerprint density at radius 1 is 1.44 bits per heavy atom. The van der Waals surface area contributed by atoms with Gasteiger partial charge in [0, 0.05) is 24.7 Å². The zero-order valence-electron chi connectivity index (χ0n) is 13.6. The van der Waals surface area contributed by atoms with E-state index in [4.69, 9.17) is 9.68 Å². The highest BCUT2D eigenvalue weighted by Gasteiger charge is 2.28. The summed E-state index contributed by atoms with van der Waals surface area (Å²) in [6, 6.07) is 5.70. The molecule has 1 aliphatic rings. The van der Waals surface area contributed by atoms with Gasteiger partial charge < -0.3 is 14.3 Å². The van der Waals surface area contributed by atoms with Gasteiger partial charge in [-0.3, -0.25) is 4.79 Å². The van der Waals surface area contributed by atoms with Crippen molar-refractivity contribution in [3.63, 3.8) is 0 Å². The number of furan rings is 1. The third-order valence-corrected chi connectivity index (χ3v) is 4.39. The maximum Gasteiger partial charge on any atom is 0.257 e. The normalized spacial score (nSPS) is 13.7. The first kappa shape index (κ1) is 15.4. The number of carbonyl (C=O) groups is 1. The van der Waals surface area contributed by atoms with Gasteiger partial charge in [0.05, 0.1) is 18.1 Å². The van der Waals surface area contributed by atoms with Crippen LogP contribution >= 0.6 is 0 Å². The molecule has 1 fully saturated rings. The van der Waals surface area contributed by atoms with Crippen LogP contribution in [-0.4, -0.2) is 38.8 Å². The molecule has 4 rings (SSSR count). The highest BCUT2D eigenvalue weighted by Crippen LogP contribution is 2.31. The summed E-state index contributed by atoms with van der Waals surface area (Å²) in [5, 5.41) is 9.67. The summed E-state index contributed by atoms with van der Waals surface area (Å²) in [5.74, 6) is 0.994. The molecule has 0 bridgehead atoms. The maximum atomic E-state index is 12.8. The van der Waals surface area contributed by atoms with E-state index >= 15 is 0 Å². The summed E-state index contributed by atoms with van der Waals surface area (Å²) in [6.45, 7) is 1.15. The van der Waals surface area contributed by atoms with Gasteiger partial charge in [-0.25, -0.2) is 9.97 Å². The second-order valence-corrected chi connectivity index (χ2v) is 6.26. The molecule has 3 aromatic heterocycles. The molecule has 0 spiro atoms. The fourth-order valence-electron chi connectivity index (χ4n) is 2.90. The molecular formula is C18H17N5O2. The monoisotopic (exact) mass is 335 g/mol. The first-order valence-corrected chi connectivity index (χ1v) is 8.29. The minimum Gasteiger partial charge on any atom is -0.462 e. The smallest absolute Gasteiger partial charge is 0.257 e. The summed E-state index contributed by atoms with van der Waals surface area (Å²) in [7, 11) is 0. The molecule has 1 N–H and O–H groups in total. The van der Waals surface area contributed by atoms with Crippen LogP contribution in [0.5, 0.6) is 0 Å². The molecule has 0 unspecified atom stereocenters. The number of hydrogen-bond donors (Lipinski definition) is 1. The van der Waals surface area contributed by atoms with E-state index in [1.54, 1.807) is 17.2 Å². The van der Waals surface area contributed by atoms with E-state index in [0.29, 0.717) is 42.4 Å². The standard InChI is InChI=1S/C18H17N5O2/c19-5-1-7-23(9-12-2-3-12)18(24)13-8-15(25-10-13)16-14-4-6-20-17(14)22-11-21-16/h4,6,8,10-12H,1-3,7,9H2,(H,20,21,22).